The van der Waals surface area contributed by atoms with Crippen molar-refractivity contribution < 1.29 is 44.2 Å². The summed E-state index contributed by atoms with van der Waals surface area (Å²) in [7, 11) is 1.57. The molecule has 0 aromatic heterocycles. The van der Waals surface area contributed by atoms with Gasteiger partial charge in [0, 0.05) is 13.1 Å². The van der Waals surface area contributed by atoms with Gasteiger partial charge >= 0.3 is 6.09 Å². The molecule has 4 N–H and O–H groups in total. The number of hydrogen-bond acceptors (Lipinski definition) is 9. The summed E-state index contributed by atoms with van der Waals surface area (Å²) in [5, 5.41) is 39.2. The Morgan fingerprint density at radius 2 is 1.68 bits per heavy atom. The number of rotatable bonds is 10. The van der Waals surface area contributed by atoms with E-state index in [2.05, 4.69) is 0 Å². The first-order valence-corrected chi connectivity index (χ1v) is 10.9. The Morgan fingerprint density at radius 1 is 0.971 bits per heavy atom. The van der Waals surface area contributed by atoms with Crippen LogP contribution in [0, 0.1) is 0 Å². The van der Waals surface area contributed by atoms with E-state index in [1.54, 1.807) is 19.2 Å². The number of ether oxygens (including phenoxy) is 4. The molecule has 10 heteroatoms. The number of benzene rings is 2. The third kappa shape index (κ3) is 6.89. The number of carbonyl (C=O) groups is 1. The van der Waals surface area contributed by atoms with Crippen LogP contribution < -0.4 is 4.74 Å². The monoisotopic (exact) mass is 477 g/mol. The number of carbonyl (C=O) groups excluding carboxylic acids is 1. The van der Waals surface area contributed by atoms with E-state index in [0.29, 0.717) is 5.75 Å². The smallest absolute Gasteiger partial charge is 0.410 e. The van der Waals surface area contributed by atoms with Gasteiger partial charge in [-0.05, 0) is 23.3 Å². The van der Waals surface area contributed by atoms with E-state index in [9.17, 15) is 25.2 Å². The van der Waals surface area contributed by atoms with Crippen LogP contribution in [0.1, 0.15) is 11.1 Å². The molecule has 1 amide bonds. The summed E-state index contributed by atoms with van der Waals surface area (Å²) in [5.41, 5.74) is 1.68. The average Bonchev–Trinajstić information content (AvgIpc) is 2.87. The molecule has 5 atom stereocenters. The molecular formula is C24H31NO9. The number of hydrogen-bond donors (Lipinski definition) is 4. The van der Waals surface area contributed by atoms with Gasteiger partial charge in [0.25, 0.3) is 0 Å². The summed E-state index contributed by atoms with van der Waals surface area (Å²) in [6.45, 7) is -0.184. The van der Waals surface area contributed by atoms with Gasteiger partial charge in [-0.25, -0.2) is 4.79 Å². The molecular weight excluding hydrogens is 446 g/mol. The van der Waals surface area contributed by atoms with Crippen molar-refractivity contribution in [3.05, 3.63) is 65.7 Å². The molecule has 2 aromatic carbocycles. The first kappa shape index (κ1) is 25.9. The fourth-order valence-electron chi connectivity index (χ4n) is 3.48. The van der Waals surface area contributed by atoms with Gasteiger partial charge < -0.3 is 44.3 Å². The normalized spacial score (nSPS) is 24.4. The van der Waals surface area contributed by atoms with Crippen molar-refractivity contribution in [2.45, 2.75) is 43.9 Å². The molecule has 0 saturated carbocycles. The molecule has 1 heterocycles. The predicted molar refractivity (Wildman–Crippen MR) is 120 cm³/mol. The Hall–Kier alpha value is -2.73. The van der Waals surface area contributed by atoms with Crippen molar-refractivity contribution in [2.75, 3.05) is 26.9 Å². The van der Waals surface area contributed by atoms with Crippen LogP contribution in [0.5, 0.6) is 5.75 Å². The molecule has 5 unspecified atom stereocenters. The van der Waals surface area contributed by atoms with Crippen LogP contribution in [-0.2, 0) is 27.4 Å². The SMILES string of the molecule is COc1ccc(CN(CCOC2OC(CO)C(O)C(O)C2O)C(=O)OCc2ccccc2)cc1. The minimum absolute atomic E-state index is 0.0563. The molecule has 0 aliphatic carbocycles. The van der Waals surface area contributed by atoms with Crippen molar-refractivity contribution in [3.63, 3.8) is 0 Å². The van der Waals surface area contributed by atoms with Gasteiger partial charge in [-0.3, -0.25) is 0 Å². The second-order valence-corrected chi connectivity index (χ2v) is 7.88. The zero-order valence-electron chi connectivity index (χ0n) is 18.9. The van der Waals surface area contributed by atoms with Gasteiger partial charge in [-0.2, -0.15) is 0 Å². The van der Waals surface area contributed by atoms with E-state index < -0.39 is 43.4 Å². The van der Waals surface area contributed by atoms with Crippen molar-refractivity contribution >= 4 is 6.09 Å². The first-order chi connectivity index (χ1) is 16.4. The van der Waals surface area contributed by atoms with E-state index in [0.717, 1.165) is 11.1 Å². The van der Waals surface area contributed by atoms with Gasteiger partial charge in [-0.1, -0.05) is 42.5 Å². The van der Waals surface area contributed by atoms with Crippen LogP contribution in [0.4, 0.5) is 4.79 Å². The average molecular weight is 478 g/mol. The molecule has 1 aliphatic rings. The Morgan fingerprint density at radius 3 is 2.32 bits per heavy atom. The number of aliphatic hydroxyl groups excluding tert-OH is 4. The number of aliphatic hydroxyl groups is 4. The lowest BCUT2D eigenvalue weighted by Crippen LogP contribution is -2.59. The van der Waals surface area contributed by atoms with Gasteiger partial charge in [0.2, 0.25) is 0 Å². The van der Waals surface area contributed by atoms with Gasteiger partial charge in [0.15, 0.2) is 6.29 Å². The highest BCUT2D eigenvalue weighted by Crippen LogP contribution is 2.22. The van der Waals surface area contributed by atoms with Crippen LogP contribution in [0.15, 0.2) is 54.6 Å². The Labute approximate surface area is 197 Å². The van der Waals surface area contributed by atoms with Crippen molar-refractivity contribution in [1.82, 2.24) is 4.90 Å². The van der Waals surface area contributed by atoms with Crippen LogP contribution >= 0.6 is 0 Å². The maximum Gasteiger partial charge on any atom is 0.410 e. The van der Waals surface area contributed by atoms with Crippen LogP contribution in [0.2, 0.25) is 0 Å². The highest BCUT2D eigenvalue weighted by Gasteiger charge is 2.44. The fraction of sp³-hybridized carbons (Fsp3) is 0.458. The molecule has 0 bridgehead atoms. The fourth-order valence-corrected chi connectivity index (χ4v) is 3.48. The highest BCUT2D eigenvalue weighted by molar-refractivity contribution is 5.67. The third-order valence-corrected chi connectivity index (χ3v) is 5.49. The quantitative estimate of drug-likeness (QED) is 0.389. The lowest BCUT2D eigenvalue weighted by Gasteiger charge is -2.39. The van der Waals surface area contributed by atoms with Crippen molar-refractivity contribution in [3.8, 4) is 5.75 Å². The zero-order valence-corrected chi connectivity index (χ0v) is 18.9. The summed E-state index contributed by atoms with van der Waals surface area (Å²) in [6.07, 6.45) is -7.44. The molecule has 10 nitrogen and oxygen atoms in total. The third-order valence-electron chi connectivity index (χ3n) is 5.49. The molecule has 2 aromatic rings. The summed E-state index contributed by atoms with van der Waals surface area (Å²) in [5.74, 6) is 0.688. The van der Waals surface area contributed by atoms with Gasteiger partial charge in [0.1, 0.15) is 36.8 Å². The Balaban J connectivity index is 1.61. The van der Waals surface area contributed by atoms with Gasteiger partial charge in [-0.15, -0.1) is 0 Å². The molecule has 1 fully saturated rings. The standard InChI is InChI=1S/C24H31NO9/c1-31-18-9-7-16(8-10-18)13-25(24(30)33-15-17-5-3-2-4-6-17)11-12-32-23-22(29)21(28)20(27)19(14-26)34-23/h2-10,19-23,26-29H,11-15H2,1H3. The summed E-state index contributed by atoms with van der Waals surface area (Å²) in [6, 6.07) is 16.5. The van der Waals surface area contributed by atoms with Crippen molar-refractivity contribution in [2.24, 2.45) is 0 Å². The Bertz CT molecular complexity index is 878. The number of nitrogens with zero attached hydrogens (tertiary/aromatic N) is 1. The minimum Gasteiger partial charge on any atom is -0.497 e. The molecule has 0 spiro atoms. The second kappa shape index (κ2) is 12.7. The summed E-state index contributed by atoms with van der Waals surface area (Å²) < 4.78 is 21.5. The van der Waals surface area contributed by atoms with Crippen molar-refractivity contribution in [1.29, 1.82) is 0 Å². The number of amides is 1. The minimum atomic E-state index is -1.54. The summed E-state index contributed by atoms with van der Waals surface area (Å²) >= 11 is 0. The molecule has 1 aliphatic heterocycles. The number of methoxy groups -OCH3 is 1. The first-order valence-electron chi connectivity index (χ1n) is 10.9. The van der Waals surface area contributed by atoms with E-state index in [1.165, 1.54) is 4.90 Å². The van der Waals surface area contributed by atoms with Crippen LogP contribution in [-0.4, -0.2) is 89.0 Å². The van der Waals surface area contributed by atoms with E-state index >= 15 is 0 Å². The van der Waals surface area contributed by atoms with Gasteiger partial charge in [0.05, 0.1) is 20.3 Å². The van der Waals surface area contributed by atoms with E-state index in [-0.39, 0.29) is 26.3 Å². The molecule has 3 rings (SSSR count). The van der Waals surface area contributed by atoms with Crippen LogP contribution in [0.25, 0.3) is 0 Å². The zero-order chi connectivity index (χ0) is 24.5. The topological polar surface area (TPSA) is 138 Å². The second-order valence-electron chi connectivity index (χ2n) is 7.88. The Kier molecular flexibility index (Phi) is 9.63. The highest BCUT2D eigenvalue weighted by atomic mass is 16.7. The molecule has 186 valence electrons. The summed E-state index contributed by atoms with van der Waals surface area (Å²) in [4.78, 5) is 14.3. The van der Waals surface area contributed by atoms with Crippen LogP contribution in [0.3, 0.4) is 0 Å². The lowest BCUT2D eigenvalue weighted by atomic mass is 9.99. The maximum absolute atomic E-state index is 12.8. The molecule has 1 saturated heterocycles. The van der Waals surface area contributed by atoms with E-state index in [4.69, 9.17) is 18.9 Å². The molecule has 0 radical (unpaired) electrons. The lowest BCUT2D eigenvalue weighted by molar-refractivity contribution is -0.301. The molecule has 34 heavy (non-hydrogen) atoms. The maximum atomic E-state index is 12.8. The van der Waals surface area contributed by atoms with E-state index in [1.807, 2.05) is 42.5 Å². The predicted octanol–water partition coefficient (Wildman–Crippen LogP) is 0.651. The largest absolute Gasteiger partial charge is 0.497 e.